The van der Waals surface area contributed by atoms with Crippen LogP contribution < -0.4 is 5.32 Å². The summed E-state index contributed by atoms with van der Waals surface area (Å²) in [7, 11) is 0. The fourth-order valence-corrected chi connectivity index (χ4v) is 3.19. The number of hydrogen-bond acceptors (Lipinski definition) is 3. The van der Waals surface area contributed by atoms with Gasteiger partial charge < -0.3 is 10.3 Å². The van der Waals surface area contributed by atoms with Crippen LogP contribution in [0.15, 0.2) is 12.3 Å². The van der Waals surface area contributed by atoms with Crippen LogP contribution in [0.25, 0.3) is 5.69 Å². The number of nitrogens with zero attached hydrogens (tertiary/aromatic N) is 3. The van der Waals surface area contributed by atoms with Crippen molar-refractivity contribution < 1.29 is 0 Å². The molecule has 94 valence electrons. The molecular formula is C13H17N5. The summed E-state index contributed by atoms with van der Waals surface area (Å²) in [6.07, 6.45) is 8.50. The lowest BCUT2D eigenvalue weighted by molar-refractivity contribution is 0.424. The first-order valence-electron chi connectivity index (χ1n) is 6.79. The van der Waals surface area contributed by atoms with Gasteiger partial charge in [-0.3, -0.25) is 4.57 Å². The second-order valence-electron chi connectivity index (χ2n) is 5.24. The van der Waals surface area contributed by atoms with Crippen LogP contribution in [0.2, 0.25) is 0 Å². The molecule has 2 aromatic rings. The van der Waals surface area contributed by atoms with Crippen molar-refractivity contribution >= 4 is 5.82 Å². The maximum Gasteiger partial charge on any atom is 0.157 e. The van der Waals surface area contributed by atoms with E-state index < -0.39 is 0 Å². The first kappa shape index (κ1) is 10.2. The summed E-state index contributed by atoms with van der Waals surface area (Å²) in [4.78, 5) is 3.23. The van der Waals surface area contributed by atoms with Crippen LogP contribution in [-0.2, 0) is 6.54 Å². The van der Waals surface area contributed by atoms with Gasteiger partial charge >= 0.3 is 0 Å². The average molecular weight is 243 g/mol. The molecule has 1 aliphatic carbocycles. The first-order valence-corrected chi connectivity index (χ1v) is 6.79. The van der Waals surface area contributed by atoms with Crippen LogP contribution in [0.5, 0.6) is 0 Å². The standard InChI is InChI=1S/C13H17N5/c1-2-4-9(5-3-1)13-17-16-11-8-15-12-10(18(11)13)6-7-14-12/h6-7,9,14-15H,1-5,8H2. The Hall–Kier alpha value is -1.78. The van der Waals surface area contributed by atoms with Crippen molar-refractivity contribution in [1.82, 2.24) is 19.7 Å². The molecule has 0 aromatic carbocycles. The summed E-state index contributed by atoms with van der Waals surface area (Å²) in [5, 5.41) is 12.1. The Morgan fingerprint density at radius 2 is 2.06 bits per heavy atom. The van der Waals surface area contributed by atoms with E-state index >= 15 is 0 Å². The van der Waals surface area contributed by atoms with Gasteiger partial charge in [0, 0.05) is 12.1 Å². The fraction of sp³-hybridized carbons (Fsp3) is 0.538. The molecule has 4 rings (SSSR count). The second-order valence-corrected chi connectivity index (χ2v) is 5.24. The normalized spacial score (nSPS) is 19.1. The van der Waals surface area contributed by atoms with E-state index in [0.717, 1.165) is 24.0 Å². The molecule has 0 atom stereocenters. The molecule has 2 aliphatic rings. The van der Waals surface area contributed by atoms with E-state index in [9.17, 15) is 0 Å². The van der Waals surface area contributed by atoms with E-state index in [1.807, 2.05) is 6.20 Å². The summed E-state index contributed by atoms with van der Waals surface area (Å²) < 4.78 is 2.25. The Morgan fingerprint density at radius 3 is 2.94 bits per heavy atom. The van der Waals surface area contributed by atoms with E-state index in [1.165, 1.54) is 37.8 Å². The molecule has 3 heterocycles. The molecular weight excluding hydrogens is 226 g/mol. The molecule has 5 heteroatoms. The lowest BCUT2D eigenvalue weighted by atomic mass is 9.88. The van der Waals surface area contributed by atoms with Crippen LogP contribution in [-0.4, -0.2) is 19.7 Å². The number of aromatic nitrogens is 4. The van der Waals surface area contributed by atoms with Gasteiger partial charge in [-0.05, 0) is 18.9 Å². The van der Waals surface area contributed by atoms with Crippen molar-refractivity contribution in [2.75, 3.05) is 5.32 Å². The zero-order chi connectivity index (χ0) is 11.9. The molecule has 0 radical (unpaired) electrons. The SMILES string of the molecule is c1cc2c([nH]1)NCc1nnc(C3CCCCC3)n1-2. The molecule has 0 unspecified atom stereocenters. The third-order valence-corrected chi connectivity index (χ3v) is 4.11. The van der Waals surface area contributed by atoms with E-state index in [0.29, 0.717) is 5.92 Å². The minimum atomic E-state index is 0.584. The Kier molecular flexibility index (Phi) is 2.18. The number of H-pyrrole nitrogens is 1. The highest BCUT2D eigenvalue weighted by Crippen LogP contribution is 2.35. The van der Waals surface area contributed by atoms with Crippen LogP contribution in [0, 0.1) is 0 Å². The van der Waals surface area contributed by atoms with Crippen LogP contribution in [0.1, 0.15) is 49.7 Å². The minimum absolute atomic E-state index is 0.584. The number of fused-ring (bicyclic) bond motifs is 3. The largest absolute Gasteiger partial charge is 0.363 e. The Bertz CT molecular complexity index is 562. The van der Waals surface area contributed by atoms with Crippen molar-refractivity contribution in [2.45, 2.75) is 44.6 Å². The van der Waals surface area contributed by atoms with E-state index in [4.69, 9.17) is 0 Å². The smallest absolute Gasteiger partial charge is 0.157 e. The van der Waals surface area contributed by atoms with Gasteiger partial charge in [0.15, 0.2) is 5.82 Å². The molecule has 1 aliphatic heterocycles. The Morgan fingerprint density at radius 1 is 1.17 bits per heavy atom. The van der Waals surface area contributed by atoms with Gasteiger partial charge in [0.05, 0.1) is 12.2 Å². The van der Waals surface area contributed by atoms with Gasteiger partial charge in [-0.25, -0.2) is 0 Å². The average Bonchev–Trinajstić information content (AvgIpc) is 3.05. The molecule has 2 aromatic heterocycles. The minimum Gasteiger partial charge on any atom is -0.363 e. The molecule has 1 fully saturated rings. The number of anilines is 1. The molecule has 1 saturated carbocycles. The monoisotopic (exact) mass is 243 g/mol. The van der Waals surface area contributed by atoms with Crippen molar-refractivity contribution in [3.8, 4) is 5.69 Å². The predicted octanol–water partition coefficient (Wildman–Crippen LogP) is 2.57. The zero-order valence-electron chi connectivity index (χ0n) is 10.3. The van der Waals surface area contributed by atoms with Crippen molar-refractivity contribution in [3.05, 3.63) is 23.9 Å². The third-order valence-electron chi connectivity index (χ3n) is 4.11. The molecule has 18 heavy (non-hydrogen) atoms. The summed E-state index contributed by atoms with van der Waals surface area (Å²) >= 11 is 0. The Balaban J connectivity index is 1.81. The van der Waals surface area contributed by atoms with E-state index in [2.05, 4.69) is 31.1 Å². The van der Waals surface area contributed by atoms with Gasteiger partial charge in [-0.1, -0.05) is 19.3 Å². The quantitative estimate of drug-likeness (QED) is 0.809. The van der Waals surface area contributed by atoms with Crippen molar-refractivity contribution in [3.63, 3.8) is 0 Å². The highest BCUT2D eigenvalue weighted by atomic mass is 15.3. The van der Waals surface area contributed by atoms with Gasteiger partial charge in [-0.2, -0.15) is 0 Å². The molecule has 5 nitrogen and oxygen atoms in total. The van der Waals surface area contributed by atoms with Crippen LogP contribution in [0.4, 0.5) is 5.82 Å². The maximum absolute atomic E-state index is 4.46. The fourth-order valence-electron chi connectivity index (χ4n) is 3.19. The highest BCUT2D eigenvalue weighted by molar-refractivity contribution is 5.59. The molecule has 0 amide bonds. The molecule has 0 bridgehead atoms. The summed E-state index contributed by atoms with van der Waals surface area (Å²) in [5.41, 5.74) is 1.17. The van der Waals surface area contributed by atoms with Crippen LogP contribution in [0.3, 0.4) is 0 Å². The van der Waals surface area contributed by atoms with E-state index in [-0.39, 0.29) is 0 Å². The molecule has 0 saturated heterocycles. The number of rotatable bonds is 1. The molecule has 2 N–H and O–H groups in total. The summed E-state index contributed by atoms with van der Waals surface area (Å²) in [5.74, 6) is 3.86. The van der Waals surface area contributed by atoms with Crippen LogP contribution >= 0.6 is 0 Å². The maximum atomic E-state index is 4.46. The number of aromatic amines is 1. The highest BCUT2D eigenvalue weighted by Gasteiger charge is 2.27. The summed E-state index contributed by atoms with van der Waals surface area (Å²) in [6, 6.07) is 2.10. The van der Waals surface area contributed by atoms with Crippen molar-refractivity contribution in [2.24, 2.45) is 0 Å². The van der Waals surface area contributed by atoms with E-state index in [1.54, 1.807) is 0 Å². The van der Waals surface area contributed by atoms with Gasteiger partial charge in [0.2, 0.25) is 0 Å². The second kappa shape index (κ2) is 3.86. The zero-order valence-corrected chi connectivity index (χ0v) is 10.3. The first-order chi connectivity index (χ1) is 8.93. The lowest BCUT2D eigenvalue weighted by Gasteiger charge is -2.23. The topological polar surface area (TPSA) is 58.5 Å². The Labute approximate surface area is 106 Å². The third kappa shape index (κ3) is 1.39. The number of nitrogens with one attached hydrogen (secondary N) is 2. The molecule has 0 spiro atoms. The van der Waals surface area contributed by atoms with Gasteiger partial charge in [0.25, 0.3) is 0 Å². The van der Waals surface area contributed by atoms with Gasteiger partial charge in [0.1, 0.15) is 11.6 Å². The summed E-state index contributed by atoms with van der Waals surface area (Å²) in [6.45, 7) is 0.757. The van der Waals surface area contributed by atoms with Crippen molar-refractivity contribution in [1.29, 1.82) is 0 Å². The van der Waals surface area contributed by atoms with Gasteiger partial charge in [-0.15, -0.1) is 10.2 Å². The number of hydrogen-bond donors (Lipinski definition) is 2. The predicted molar refractivity (Wildman–Crippen MR) is 68.9 cm³/mol. The lowest BCUT2D eigenvalue weighted by Crippen LogP contribution is -2.18.